The van der Waals surface area contributed by atoms with Crippen LogP contribution in [0.15, 0.2) is 42.5 Å². The Kier molecular flexibility index (Phi) is 4.85. The maximum atomic E-state index is 12.9. The number of hydrogen-bond acceptors (Lipinski definition) is 2. The van der Waals surface area contributed by atoms with E-state index in [2.05, 4.69) is 0 Å². The van der Waals surface area contributed by atoms with Gasteiger partial charge in [0.15, 0.2) is 0 Å². The van der Waals surface area contributed by atoms with Gasteiger partial charge in [0.2, 0.25) is 0 Å². The van der Waals surface area contributed by atoms with E-state index in [-0.39, 0.29) is 11.2 Å². The van der Waals surface area contributed by atoms with Crippen LogP contribution in [0, 0.1) is 5.82 Å². The van der Waals surface area contributed by atoms with Gasteiger partial charge in [-0.05, 0) is 30.2 Å². The number of rotatable bonds is 5. The molecule has 2 rings (SSSR count). The van der Waals surface area contributed by atoms with Gasteiger partial charge in [-0.2, -0.15) is 0 Å². The molecule has 0 bridgehead atoms. The molecule has 0 N–H and O–H groups in total. The van der Waals surface area contributed by atoms with Crippen LogP contribution in [0.3, 0.4) is 0 Å². The molecule has 20 heavy (non-hydrogen) atoms. The standard InChI is InChI=1S/C16H16ClFO2/c1-19-13-7-8-14(16(10-13)20-2)15(17)9-11-3-5-12(18)6-4-11/h3-8,10,15H,9H2,1-2H3. The van der Waals surface area contributed by atoms with Gasteiger partial charge >= 0.3 is 0 Å². The zero-order chi connectivity index (χ0) is 14.5. The van der Waals surface area contributed by atoms with Crippen molar-refractivity contribution < 1.29 is 13.9 Å². The molecule has 0 saturated carbocycles. The number of methoxy groups -OCH3 is 2. The summed E-state index contributed by atoms with van der Waals surface area (Å²) < 4.78 is 23.4. The minimum Gasteiger partial charge on any atom is -0.497 e. The van der Waals surface area contributed by atoms with Crippen LogP contribution in [0.2, 0.25) is 0 Å². The van der Waals surface area contributed by atoms with Crippen molar-refractivity contribution in [1.29, 1.82) is 0 Å². The first-order chi connectivity index (χ1) is 9.63. The quantitative estimate of drug-likeness (QED) is 0.763. The lowest BCUT2D eigenvalue weighted by Gasteiger charge is -2.15. The second-order valence-electron chi connectivity index (χ2n) is 4.41. The van der Waals surface area contributed by atoms with Crippen LogP contribution in [0.1, 0.15) is 16.5 Å². The lowest BCUT2D eigenvalue weighted by atomic mass is 10.0. The molecule has 0 radical (unpaired) electrons. The first-order valence-electron chi connectivity index (χ1n) is 6.24. The van der Waals surface area contributed by atoms with E-state index in [1.807, 2.05) is 12.1 Å². The van der Waals surface area contributed by atoms with Gasteiger partial charge in [0.05, 0.1) is 19.6 Å². The monoisotopic (exact) mass is 294 g/mol. The third kappa shape index (κ3) is 3.42. The Morgan fingerprint density at radius 3 is 2.35 bits per heavy atom. The molecule has 0 spiro atoms. The van der Waals surface area contributed by atoms with Crippen LogP contribution in [0.25, 0.3) is 0 Å². The molecule has 1 unspecified atom stereocenters. The average Bonchev–Trinajstić information content (AvgIpc) is 2.48. The van der Waals surface area contributed by atoms with Crippen LogP contribution in [-0.4, -0.2) is 14.2 Å². The maximum absolute atomic E-state index is 12.9. The molecule has 2 aromatic rings. The third-order valence-corrected chi connectivity index (χ3v) is 3.50. The Bertz CT molecular complexity index is 569. The van der Waals surface area contributed by atoms with E-state index < -0.39 is 0 Å². The number of halogens is 2. The van der Waals surface area contributed by atoms with E-state index in [1.54, 1.807) is 32.4 Å². The second kappa shape index (κ2) is 6.62. The Balaban J connectivity index is 2.20. The molecule has 0 amide bonds. The van der Waals surface area contributed by atoms with Crippen molar-refractivity contribution in [1.82, 2.24) is 0 Å². The lowest BCUT2D eigenvalue weighted by Crippen LogP contribution is -2.00. The van der Waals surface area contributed by atoms with Crippen LogP contribution in [0.4, 0.5) is 4.39 Å². The largest absolute Gasteiger partial charge is 0.497 e. The smallest absolute Gasteiger partial charge is 0.127 e. The highest BCUT2D eigenvalue weighted by Crippen LogP contribution is 2.34. The topological polar surface area (TPSA) is 18.5 Å². The van der Waals surface area contributed by atoms with Gasteiger partial charge in [-0.25, -0.2) is 4.39 Å². The fraction of sp³-hybridized carbons (Fsp3) is 0.250. The number of ether oxygens (including phenoxy) is 2. The molecule has 0 saturated heterocycles. The molecular weight excluding hydrogens is 279 g/mol. The predicted octanol–water partition coefficient (Wildman–Crippen LogP) is 4.37. The predicted molar refractivity (Wildman–Crippen MR) is 78.2 cm³/mol. The summed E-state index contributed by atoms with van der Waals surface area (Å²) in [4.78, 5) is 0. The first-order valence-corrected chi connectivity index (χ1v) is 6.68. The molecule has 1 atom stereocenters. The van der Waals surface area contributed by atoms with E-state index in [1.165, 1.54) is 12.1 Å². The molecule has 0 fully saturated rings. The summed E-state index contributed by atoms with van der Waals surface area (Å²) in [7, 11) is 3.20. The second-order valence-corrected chi connectivity index (χ2v) is 4.93. The van der Waals surface area contributed by atoms with Crippen LogP contribution >= 0.6 is 11.6 Å². The summed E-state index contributed by atoms with van der Waals surface area (Å²) in [5, 5.41) is -0.249. The van der Waals surface area contributed by atoms with Gasteiger partial charge in [-0.15, -0.1) is 11.6 Å². The molecule has 0 aliphatic heterocycles. The number of benzene rings is 2. The summed E-state index contributed by atoms with van der Waals surface area (Å²) in [6.45, 7) is 0. The minimum absolute atomic E-state index is 0.248. The Morgan fingerprint density at radius 2 is 1.75 bits per heavy atom. The first kappa shape index (κ1) is 14.7. The lowest BCUT2D eigenvalue weighted by molar-refractivity contribution is 0.390. The molecule has 4 heteroatoms. The third-order valence-electron chi connectivity index (χ3n) is 3.11. The summed E-state index contributed by atoms with van der Waals surface area (Å²) in [6, 6.07) is 11.9. The molecule has 2 nitrogen and oxygen atoms in total. The van der Waals surface area contributed by atoms with E-state index in [0.717, 1.165) is 16.9 Å². The molecule has 106 valence electrons. The van der Waals surface area contributed by atoms with Gasteiger partial charge in [0.1, 0.15) is 17.3 Å². The number of alkyl halides is 1. The minimum atomic E-state index is -0.249. The van der Waals surface area contributed by atoms with Gasteiger partial charge in [-0.3, -0.25) is 0 Å². The summed E-state index contributed by atoms with van der Waals surface area (Å²) in [5.74, 6) is 1.16. The van der Waals surface area contributed by atoms with Crippen molar-refractivity contribution in [3.05, 3.63) is 59.4 Å². The zero-order valence-electron chi connectivity index (χ0n) is 11.4. The van der Waals surface area contributed by atoms with Crippen molar-refractivity contribution in [3.8, 4) is 11.5 Å². The van der Waals surface area contributed by atoms with E-state index in [9.17, 15) is 4.39 Å². The fourth-order valence-electron chi connectivity index (χ4n) is 2.01. The highest BCUT2D eigenvalue weighted by molar-refractivity contribution is 6.21. The van der Waals surface area contributed by atoms with E-state index in [0.29, 0.717) is 12.2 Å². The van der Waals surface area contributed by atoms with Crippen LogP contribution in [-0.2, 0) is 6.42 Å². The highest BCUT2D eigenvalue weighted by atomic mass is 35.5. The number of hydrogen-bond donors (Lipinski definition) is 0. The molecule has 0 heterocycles. The summed E-state index contributed by atoms with van der Waals surface area (Å²) in [5.41, 5.74) is 1.86. The summed E-state index contributed by atoms with van der Waals surface area (Å²) >= 11 is 6.45. The zero-order valence-corrected chi connectivity index (χ0v) is 12.2. The molecule has 0 aromatic heterocycles. The van der Waals surface area contributed by atoms with E-state index >= 15 is 0 Å². The Hall–Kier alpha value is -1.74. The van der Waals surface area contributed by atoms with Crippen molar-refractivity contribution >= 4 is 11.6 Å². The Morgan fingerprint density at radius 1 is 1.05 bits per heavy atom. The van der Waals surface area contributed by atoms with Crippen molar-refractivity contribution in [3.63, 3.8) is 0 Å². The van der Waals surface area contributed by atoms with E-state index in [4.69, 9.17) is 21.1 Å². The SMILES string of the molecule is COc1ccc(C(Cl)Cc2ccc(F)cc2)c(OC)c1. The van der Waals surface area contributed by atoms with Gasteiger partial charge < -0.3 is 9.47 Å². The van der Waals surface area contributed by atoms with Gasteiger partial charge in [0.25, 0.3) is 0 Å². The molecule has 0 aliphatic carbocycles. The molecule has 2 aromatic carbocycles. The van der Waals surface area contributed by atoms with Crippen molar-refractivity contribution in [2.45, 2.75) is 11.8 Å². The average molecular weight is 295 g/mol. The van der Waals surface area contributed by atoms with Crippen LogP contribution < -0.4 is 9.47 Å². The molecule has 0 aliphatic rings. The Labute approximate surface area is 123 Å². The normalized spacial score (nSPS) is 12.0. The van der Waals surface area contributed by atoms with Crippen molar-refractivity contribution in [2.75, 3.05) is 14.2 Å². The fourth-order valence-corrected chi connectivity index (χ4v) is 2.37. The van der Waals surface area contributed by atoms with Crippen molar-refractivity contribution in [2.24, 2.45) is 0 Å². The van der Waals surface area contributed by atoms with Gasteiger partial charge in [0, 0.05) is 11.6 Å². The summed E-state index contributed by atoms with van der Waals surface area (Å²) in [6.07, 6.45) is 0.602. The van der Waals surface area contributed by atoms with Crippen LogP contribution in [0.5, 0.6) is 11.5 Å². The van der Waals surface area contributed by atoms with Gasteiger partial charge in [-0.1, -0.05) is 18.2 Å². The molecular formula is C16H16ClFO2. The highest BCUT2D eigenvalue weighted by Gasteiger charge is 2.15. The maximum Gasteiger partial charge on any atom is 0.127 e.